The van der Waals surface area contributed by atoms with E-state index in [1.807, 2.05) is 0 Å². The number of nitrogens with two attached hydrogens (primary N) is 1. The van der Waals surface area contributed by atoms with Crippen molar-refractivity contribution >= 4 is 11.9 Å². The zero-order valence-corrected chi connectivity index (χ0v) is 11.6. The first kappa shape index (κ1) is 12.5. The lowest BCUT2D eigenvalue weighted by Crippen LogP contribution is -2.31. The predicted octanol–water partition coefficient (Wildman–Crippen LogP) is 0.117. The Bertz CT molecular complexity index is 618. The summed E-state index contributed by atoms with van der Waals surface area (Å²) in [6, 6.07) is 0.544. The van der Waals surface area contributed by atoms with Crippen molar-refractivity contribution in [3.63, 3.8) is 0 Å². The fraction of sp³-hybridized carbons (Fsp3) is 0.583. The molecule has 0 unspecified atom stereocenters. The van der Waals surface area contributed by atoms with Crippen molar-refractivity contribution in [2.45, 2.75) is 31.7 Å². The standard InChI is InChI=1S/C12H17N9/c13-19-10-16-11(18-12(17-10)21-7-14-6-15-21)20(9-3-4-9)5-8-1-2-8/h6-9H,1-5,13H2,(H,16,17,18,19). The molecule has 3 N–H and O–H groups in total. The van der Waals surface area contributed by atoms with Gasteiger partial charge < -0.3 is 4.90 Å². The van der Waals surface area contributed by atoms with Gasteiger partial charge in [0.1, 0.15) is 12.7 Å². The largest absolute Gasteiger partial charge is 0.337 e. The minimum absolute atomic E-state index is 0.340. The SMILES string of the molecule is NNc1nc(N(CC2CC2)C2CC2)nc(-n2cncn2)n1. The van der Waals surface area contributed by atoms with E-state index >= 15 is 0 Å². The molecule has 0 atom stereocenters. The van der Waals surface area contributed by atoms with Gasteiger partial charge >= 0.3 is 0 Å². The average Bonchev–Trinajstić information content (AvgIpc) is 3.44. The highest BCUT2D eigenvalue weighted by atomic mass is 15.4. The zero-order valence-electron chi connectivity index (χ0n) is 11.6. The van der Waals surface area contributed by atoms with E-state index < -0.39 is 0 Å². The van der Waals surface area contributed by atoms with Crippen molar-refractivity contribution < 1.29 is 0 Å². The van der Waals surface area contributed by atoms with Crippen LogP contribution in [0.4, 0.5) is 11.9 Å². The molecule has 2 aliphatic rings. The monoisotopic (exact) mass is 287 g/mol. The lowest BCUT2D eigenvalue weighted by molar-refractivity contribution is 0.685. The third-order valence-electron chi connectivity index (χ3n) is 3.76. The number of hydrazine groups is 1. The van der Waals surface area contributed by atoms with Crippen LogP contribution in [0.25, 0.3) is 5.95 Å². The second kappa shape index (κ2) is 4.92. The molecule has 2 aromatic heterocycles. The topological polar surface area (TPSA) is 111 Å². The van der Waals surface area contributed by atoms with Crippen molar-refractivity contribution in [3.8, 4) is 5.95 Å². The molecule has 0 bridgehead atoms. The molecule has 0 amide bonds. The third kappa shape index (κ3) is 2.64. The van der Waals surface area contributed by atoms with Gasteiger partial charge in [-0.15, -0.1) is 0 Å². The molecule has 0 spiro atoms. The molecule has 0 saturated heterocycles. The normalized spacial score (nSPS) is 17.8. The number of rotatable bonds is 6. The van der Waals surface area contributed by atoms with Gasteiger partial charge in [-0.1, -0.05) is 0 Å². The molecule has 9 nitrogen and oxygen atoms in total. The van der Waals surface area contributed by atoms with Crippen LogP contribution in [0.1, 0.15) is 25.7 Å². The second-order valence-electron chi connectivity index (χ2n) is 5.57. The van der Waals surface area contributed by atoms with Crippen LogP contribution >= 0.6 is 0 Å². The number of hydrogen-bond donors (Lipinski definition) is 2. The smallest absolute Gasteiger partial charge is 0.258 e. The first-order chi connectivity index (χ1) is 10.3. The van der Waals surface area contributed by atoms with E-state index in [1.165, 1.54) is 36.7 Å². The van der Waals surface area contributed by atoms with Crippen LogP contribution in [0.3, 0.4) is 0 Å². The minimum Gasteiger partial charge on any atom is -0.337 e. The summed E-state index contributed by atoms with van der Waals surface area (Å²) >= 11 is 0. The van der Waals surface area contributed by atoms with Crippen molar-refractivity contribution in [3.05, 3.63) is 12.7 Å². The van der Waals surface area contributed by atoms with E-state index in [0.717, 1.165) is 12.5 Å². The molecule has 110 valence electrons. The van der Waals surface area contributed by atoms with Crippen LogP contribution in [0.5, 0.6) is 0 Å². The fourth-order valence-electron chi connectivity index (χ4n) is 2.32. The highest BCUT2D eigenvalue weighted by Crippen LogP contribution is 2.36. The summed E-state index contributed by atoms with van der Waals surface area (Å²) < 4.78 is 1.51. The Balaban J connectivity index is 1.70. The van der Waals surface area contributed by atoms with Crippen LogP contribution in [-0.4, -0.2) is 42.3 Å². The van der Waals surface area contributed by atoms with E-state index in [-0.39, 0.29) is 0 Å². The molecule has 2 fully saturated rings. The van der Waals surface area contributed by atoms with E-state index in [9.17, 15) is 0 Å². The van der Waals surface area contributed by atoms with Crippen molar-refractivity contribution in [1.29, 1.82) is 0 Å². The van der Waals surface area contributed by atoms with Gasteiger partial charge in [-0.2, -0.15) is 24.7 Å². The van der Waals surface area contributed by atoms with Crippen molar-refractivity contribution in [2.24, 2.45) is 11.8 Å². The maximum atomic E-state index is 5.48. The molecule has 21 heavy (non-hydrogen) atoms. The maximum absolute atomic E-state index is 5.48. The van der Waals surface area contributed by atoms with Crippen LogP contribution < -0.4 is 16.2 Å². The number of hydrogen-bond acceptors (Lipinski definition) is 8. The lowest BCUT2D eigenvalue weighted by atomic mass is 10.3. The van der Waals surface area contributed by atoms with E-state index in [0.29, 0.717) is 23.9 Å². The van der Waals surface area contributed by atoms with Crippen LogP contribution in [0.2, 0.25) is 0 Å². The van der Waals surface area contributed by atoms with Gasteiger partial charge in [-0.25, -0.2) is 10.8 Å². The number of aromatic nitrogens is 6. The van der Waals surface area contributed by atoms with Gasteiger partial charge in [0.15, 0.2) is 0 Å². The number of nitrogens with one attached hydrogen (secondary N) is 1. The van der Waals surface area contributed by atoms with Gasteiger partial charge in [0.05, 0.1) is 0 Å². The van der Waals surface area contributed by atoms with Gasteiger partial charge in [-0.3, -0.25) is 5.43 Å². The van der Waals surface area contributed by atoms with E-state index in [2.05, 4.69) is 35.4 Å². The highest BCUT2D eigenvalue weighted by molar-refractivity contribution is 5.41. The van der Waals surface area contributed by atoms with Gasteiger partial charge in [0, 0.05) is 12.6 Å². The molecule has 2 aromatic rings. The number of anilines is 2. The highest BCUT2D eigenvalue weighted by Gasteiger charge is 2.35. The van der Waals surface area contributed by atoms with Crippen molar-refractivity contribution in [2.75, 3.05) is 16.9 Å². The Morgan fingerprint density at radius 1 is 1.24 bits per heavy atom. The summed E-state index contributed by atoms with van der Waals surface area (Å²) in [6.45, 7) is 1.01. The van der Waals surface area contributed by atoms with Crippen LogP contribution in [0, 0.1) is 5.92 Å². The Kier molecular flexibility index (Phi) is 2.92. The Morgan fingerprint density at radius 2 is 2.10 bits per heavy atom. The molecule has 2 saturated carbocycles. The third-order valence-corrected chi connectivity index (χ3v) is 3.76. The summed E-state index contributed by atoms with van der Waals surface area (Å²) in [7, 11) is 0. The summed E-state index contributed by atoms with van der Waals surface area (Å²) in [4.78, 5) is 19.4. The van der Waals surface area contributed by atoms with E-state index in [1.54, 1.807) is 6.33 Å². The molecule has 2 aliphatic carbocycles. The molecular weight excluding hydrogens is 270 g/mol. The van der Waals surface area contributed by atoms with Gasteiger partial charge in [0.2, 0.25) is 11.9 Å². The molecular formula is C12H17N9. The van der Waals surface area contributed by atoms with Gasteiger partial charge in [0.25, 0.3) is 5.95 Å². The number of nitrogens with zero attached hydrogens (tertiary/aromatic N) is 7. The second-order valence-corrected chi connectivity index (χ2v) is 5.57. The Labute approximate surface area is 121 Å². The fourth-order valence-corrected chi connectivity index (χ4v) is 2.32. The first-order valence-corrected chi connectivity index (χ1v) is 7.18. The predicted molar refractivity (Wildman–Crippen MR) is 75.6 cm³/mol. The Morgan fingerprint density at radius 3 is 2.71 bits per heavy atom. The van der Waals surface area contributed by atoms with Crippen molar-refractivity contribution in [1.82, 2.24) is 29.7 Å². The van der Waals surface area contributed by atoms with E-state index in [4.69, 9.17) is 5.84 Å². The molecule has 2 heterocycles. The molecule has 4 rings (SSSR count). The van der Waals surface area contributed by atoms with Gasteiger partial charge in [-0.05, 0) is 31.6 Å². The molecule has 0 aliphatic heterocycles. The quantitative estimate of drug-likeness (QED) is 0.569. The number of nitrogen functional groups attached to an aromatic ring is 1. The maximum Gasteiger partial charge on any atom is 0.258 e. The van der Waals surface area contributed by atoms with Crippen LogP contribution in [0.15, 0.2) is 12.7 Å². The summed E-state index contributed by atoms with van der Waals surface area (Å²) in [5.41, 5.74) is 2.50. The van der Waals surface area contributed by atoms with Crippen LogP contribution in [-0.2, 0) is 0 Å². The lowest BCUT2D eigenvalue weighted by Gasteiger charge is -2.22. The average molecular weight is 287 g/mol. The summed E-state index contributed by atoms with van der Waals surface area (Å²) in [6.07, 6.45) is 7.99. The Hall–Kier alpha value is -2.29. The molecule has 9 heteroatoms. The summed E-state index contributed by atoms with van der Waals surface area (Å²) in [5.74, 6) is 7.68. The summed E-state index contributed by atoms with van der Waals surface area (Å²) in [5, 5.41) is 4.06. The molecule has 0 aromatic carbocycles. The minimum atomic E-state index is 0.340. The zero-order chi connectivity index (χ0) is 14.2. The first-order valence-electron chi connectivity index (χ1n) is 7.18. The molecule has 0 radical (unpaired) electrons.